The molecule has 7 heteroatoms. The number of H-pyrrole nitrogens is 1. The van der Waals surface area contributed by atoms with Gasteiger partial charge < -0.3 is 4.74 Å². The number of aromatic nitrogens is 3. The van der Waals surface area contributed by atoms with Crippen molar-refractivity contribution in [1.82, 2.24) is 14.6 Å². The smallest absolute Gasteiger partial charge is 0.343 e. The van der Waals surface area contributed by atoms with Crippen LogP contribution >= 0.6 is 12.6 Å². The minimum absolute atomic E-state index is 0.225. The Bertz CT molecular complexity index is 602. The molecule has 0 spiro atoms. The fourth-order valence-electron chi connectivity index (χ4n) is 1.37. The maximum Gasteiger partial charge on any atom is 0.343 e. The van der Waals surface area contributed by atoms with E-state index in [1.807, 2.05) is 0 Å². The minimum Gasteiger partial charge on any atom is -0.465 e. The number of ether oxygens (including phenoxy) is 1. The number of nitrogens with one attached hydrogen (secondary N) is 1. The maximum atomic E-state index is 11.6. The first-order chi connectivity index (χ1) is 7.67. The minimum atomic E-state index is -0.540. The van der Waals surface area contributed by atoms with Crippen LogP contribution < -0.4 is 5.56 Å². The summed E-state index contributed by atoms with van der Waals surface area (Å²) >= 11 is 4.04. The SMILES string of the molecule is COC(=O)c1c[nH]n2c(=O)cc(CS)nc12. The van der Waals surface area contributed by atoms with E-state index in [1.165, 1.54) is 23.9 Å². The van der Waals surface area contributed by atoms with E-state index in [9.17, 15) is 9.59 Å². The normalized spacial score (nSPS) is 10.6. The molecule has 0 atom stereocenters. The van der Waals surface area contributed by atoms with Crippen LogP contribution in [0.4, 0.5) is 0 Å². The van der Waals surface area contributed by atoms with Crippen LogP contribution in [0.2, 0.25) is 0 Å². The van der Waals surface area contributed by atoms with E-state index in [2.05, 4.69) is 27.4 Å². The van der Waals surface area contributed by atoms with Gasteiger partial charge in [-0.3, -0.25) is 9.89 Å². The first-order valence-corrected chi connectivity index (χ1v) is 5.10. The molecule has 0 aliphatic carbocycles. The van der Waals surface area contributed by atoms with Gasteiger partial charge in [-0.1, -0.05) is 0 Å². The number of nitrogens with zero attached hydrogens (tertiary/aromatic N) is 2. The van der Waals surface area contributed by atoms with Gasteiger partial charge in [0, 0.05) is 18.0 Å². The molecule has 0 aromatic carbocycles. The number of methoxy groups -OCH3 is 1. The van der Waals surface area contributed by atoms with Crippen molar-refractivity contribution in [1.29, 1.82) is 0 Å². The second-order valence-corrected chi connectivity index (χ2v) is 3.40. The van der Waals surface area contributed by atoms with Gasteiger partial charge in [0.15, 0.2) is 5.65 Å². The van der Waals surface area contributed by atoms with Crippen LogP contribution in [0.3, 0.4) is 0 Å². The molecule has 0 saturated carbocycles. The third-order valence-electron chi connectivity index (χ3n) is 2.12. The number of esters is 1. The number of carbonyl (C=O) groups is 1. The first kappa shape index (κ1) is 10.7. The van der Waals surface area contributed by atoms with Crippen LogP contribution in [0.15, 0.2) is 17.1 Å². The Labute approximate surface area is 95.6 Å². The standard InChI is InChI=1S/C9H9N3O3S/c1-15-9(14)6-3-10-12-7(13)2-5(4-16)11-8(6)12/h2-3,10,16H,4H2,1H3. The molecule has 2 rings (SSSR count). The van der Waals surface area contributed by atoms with Gasteiger partial charge in [0.2, 0.25) is 0 Å². The average molecular weight is 239 g/mol. The molecule has 1 N–H and O–H groups in total. The van der Waals surface area contributed by atoms with Gasteiger partial charge in [0.05, 0.1) is 12.8 Å². The van der Waals surface area contributed by atoms with Gasteiger partial charge in [-0.25, -0.2) is 14.3 Å². The number of fused-ring (bicyclic) bond motifs is 1. The lowest BCUT2D eigenvalue weighted by atomic mass is 10.3. The third-order valence-corrected chi connectivity index (χ3v) is 2.44. The van der Waals surface area contributed by atoms with Crippen molar-refractivity contribution < 1.29 is 9.53 Å². The van der Waals surface area contributed by atoms with Gasteiger partial charge in [0.1, 0.15) is 5.56 Å². The molecule has 0 saturated heterocycles. The maximum absolute atomic E-state index is 11.6. The van der Waals surface area contributed by atoms with E-state index < -0.39 is 5.97 Å². The van der Waals surface area contributed by atoms with Crippen molar-refractivity contribution in [3.63, 3.8) is 0 Å². The summed E-state index contributed by atoms with van der Waals surface area (Å²) in [4.78, 5) is 27.1. The molecule has 0 bridgehead atoms. The number of rotatable bonds is 2. The summed E-state index contributed by atoms with van der Waals surface area (Å²) in [7, 11) is 1.27. The lowest BCUT2D eigenvalue weighted by molar-refractivity contribution is 0.0602. The van der Waals surface area contributed by atoms with Crippen molar-refractivity contribution in [2.75, 3.05) is 7.11 Å². The van der Waals surface area contributed by atoms with Gasteiger partial charge in [-0.15, -0.1) is 0 Å². The molecule has 2 heterocycles. The summed E-state index contributed by atoms with van der Waals surface area (Å²) in [5.41, 5.74) is 0.703. The second kappa shape index (κ2) is 4.01. The highest BCUT2D eigenvalue weighted by Crippen LogP contribution is 2.08. The van der Waals surface area contributed by atoms with Crippen molar-refractivity contribution in [2.45, 2.75) is 5.75 Å². The number of aromatic amines is 1. The zero-order valence-corrected chi connectivity index (χ0v) is 9.32. The van der Waals surface area contributed by atoms with Crippen molar-refractivity contribution in [2.24, 2.45) is 0 Å². The van der Waals surface area contributed by atoms with Gasteiger partial charge >= 0.3 is 5.97 Å². The van der Waals surface area contributed by atoms with Crippen molar-refractivity contribution >= 4 is 24.2 Å². The van der Waals surface area contributed by atoms with Crippen LogP contribution in [-0.4, -0.2) is 27.7 Å². The molecule has 0 unspecified atom stereocenters. The Morgan fingerprint density at radius 2 is 2.44 bits per heavy atom. The zero-order valence-electron chi connectivity index (χ0n) is 8.43. The van der Waals surface area contributed by atoms with E-state index >= 15 is 0 Å². The molecular formula is C9H9N3O3S. The van der Waals surface area contributed by atoms with Gasteiger partial charge in [-0.05, 0) is 0 Å². The van der Waals surface area contributed by atoms with E-state index in [4.69, 9.17) is 0 Å². The van der Waals surface area contributed by atoms with Crippen LogP contribution in [0.5, 0.6) is 0 Å². The van der Waals surface area contributed by atoms with E-state index in [0.29, 0.717) is 11.4 Å². The molecule has 84 valence electrons. The lowest BCUT2D eigenvalue weighted by Gasteiger charge is -1.98. The number of hydrogen-bond donors (Lipinski definition) is 2. The zero-order chi connectivity index (χ0) is 11.7. The predicted molar refractivity (Wildman–Crippen MR) is 59.8 cm³/mol. The van der Waals surface area contributed by atoms with Crippen LogP contribution in [0.25, 0.3) is 5.65 Å². The lowest BCUT2D eigenvalue weighted by Crippen LogP contribution is -2.16. The summed E-state index contributed by atoms with van der Waals surface area (Å²) in [5, 5.41) is 2.64. The molecule has 0 aliphatic heterocycles. The molecule has 6 nitrogen and oxygen atoms in total. The Morgan fingerprint density at radius 1 is 1.69 bits per heavy atom. The molecule has 0 radical (unpaired) electrons. The summed E-state index contributed by atoms with van der Waals surface area (Å²) in [6.45, 7) is 0. The van der Waals surface area contributed by atoms with E-state index in [1.54, 1.807) is 0 Å². The van der Waals surface area contributed by atoms with Crippen LogP contribution in [0.1, 0.15) is 16.1 Å². The topological polar surface area (TPSA) is 76.5 Å². The number of hydrogen-bond acceptors (Lipinski definition) is 5. The third kappa shape index (κ3) is 1.58. The number of carbonyl (C=O) groups excluding carboxylic acids is 1. The van der Waals surface area contributed by atoms with E-state index in [-0.39, 0.29) is 16.8 Å². The fraction of sp³-hybridized carbons (Fsp3) is 0.222. The molecular weight excluding hydrogens is 230 g/mol. The monoisotopic (exact) mass is 239 g/mol. The summed E-state index contributed by atoms with van der Waals surface area (Å²) in [5.74, 6) is -0.209. The first-order valence-electron chi connectivity index (χ1n) is 4.46. The Kier molecular flexibility index (Phi) is 2.69. The molecule has 16 heavy (non-hydrogen) atoms. The second-order valence-electron chi connectivity index (χ2n) is 3.08. The van der Waals surface area contributed by atoms with Crippen LogP contribution in [-0.2, 0) is 10.5 Å². The van der Waals surface area contributed by atoms with Crippen molar-refractivity contribution in [3.8, 4) is 0 Å². The summed E-state index contributed by atoms with van der Waals surface area (Å²) in [6.07, 6.45) is 1.39. The molecule has 0 fully saturated rings. The van der Waals surface area contributed by atoms with Gasteiger partial charge in [-0.2, -0.15) is 12.6 Å². The average Bonchev–Trinajstić information content (AvgIpc) is 2.72. The van der Waals surface area contributed by atoms with Crippen LogP contribution in [0, 0.1) is 0 Å². The Balaban J connectivity index is 2.75. The fourth-order valence-corrected chi connectivity index (χ4v) is 1.53. The summed E-state index contributed by atoms with van der Waals surface area (Å²) in [6, 6.07) is 1.36. The summed E-state index contributed by atoms with van der Waals surface area (Å²) < 4.78 is 5.76. The molecule has 2 aromatic rings. The molecule has 2 aromatic heterocycles. The number of thiol groups is 1. The van der Waals surface area contributed by atoms with Crippen molar-refractivity contribution in [3.05, 3.63) is 33.9 Å². The predicted octanol–water partition coefficient (Wildman–Crippen LogP) is 0.239. The molecule has 0 aliphatic rings. The van der Waals surface area contributed by atoms with Gasteiger partial charge in [0.25, 0.3) is 5.56 Å². The Hall–Kier alpha value is -1.76. The highest BCUT2D eigenvalue weighted by Gasteiger charge is 2.15. The largest absolute Gasteiger partial charge is 0.465 e. The highest BCUT2D eigenvalue weighted by molar-refractivity contribution is 7.79. The quantitative estimate of drug-likeness (QED) is 0.581. The van der Waals surface area contributed by atoms with E-state index in [0.717, 1.165) is 0 Å². The Morgan fingerprint density at radius 3 is 3.06 bits per heavy atom. The molecule has 0 amide bonds. The highest BCUT2D eigenvalue weighted by atomic mass is 32.1.